The van der Waals surface area contributed by atoms with Gasteiger partial charge in [-0.15, -0.1) is 0 Å². The minimum atomic E-state index is -0.993. The van der Waals surface area contributed by atoms with Crippen LogP contribution in [0.3, 0.4) is 0 Å². The average Bonchev–Trinajstić information content (AvgIpc) is 2.58. The molecule has 110 valence electrons. The first-order chi connectivity index (χ1) is 10.8. The quantitative estimate of drug-likeness (QED) is 0.669. The van der Waals surface area contributed by atoms with Crippen LogP contribution in [-0.4, -0.2) is 7.11 Å². The number of halogens is 1. The number of hydrogen-bond acceptors (Lipinski definition) is 1. The minimum absolute atomic E-state index is 0.224. The predicted molar refractivity (Wildman–Crippen MR) is 91.7 cm³/mol. The van der Waals surface area contributed by atoms with E-state index in [2.05, 4.69) is 0 Å². The maximum absolute atomic E-state index is 14.6. The van der Waals surface area contributed by atoms with Gasteiger partial charge in [0.05, 0.1) is 12.4 Å². The summed E-state index contributed by atoms with van der Waals surface area (Å²) in [5.74, 6) is 0.372. The number of hydrogen-bond donors (Lipinski definition) is 0. The minimum Gasteiger partial charge on any atom is -0.496 e. The van der Waals surface area contributed by atoms with Crippen molar-refractivity contribution >= 4 is 23.8 Å². The van der Waals surface area contributed by atoms with Crippen molar-refractivity contribution in [1.29, 1.82) is 0 Å². The largest absolute Gasteiger partial charge is 0.496 e. The molecule has 3 rings (SSSR count). The van der Waals surface area contributed by atoms with Crippen LogP contribution < -0.4 is 20.7 Å². The molecule has 0 amide bonds. The molecule has 22 heavy (non-hydrogen) atoms. The van der Waals surface area contributed by atoms with E-state index in [-0.39, 0.29) is 5.82 Å². The van der Waals surface area contributed by atoms with Crippen LogP contribution in [0.15, 0.2) is 78.9 Å². The van der Waals surface area contributed by atoms with Crippen LogP contribution in [0.5, 0.6) is 5.75 Å². The first kappa shape index (κ1) is 14.7. The average molecular weight is 310 g/mol. The van der Waals surface area contributed by atoms with Crippen molar-refractivity contribution in [3.63, 3.8) is 0 Å². The van der Waals surface area contributed by atoms with Gasteiger partial charge < -0.3 is 4.74 Å². The van der Waals surface area contributed by atoms with Gasteiger partial charge in [0, 0.05) is 0 Å². The van der Waals surface area contributed by atoms with Gasteiger partial charge in [0.2, 0.25) is 0 Å². The van der Waals surface area contributed by atoms with Crippen molar-refractivity contribution in [1.82, 2.24) is 0 Å². The summed E-state index contributed by atoms with van der Waals surface area (Å²) in [7, 11) is 0.592. The van der Waals surface area contributed by atoms with Gasteiger partial charge in [-0.2, -0.15) is 0 Å². The Balaban J connectivity index is 2.24. The molecule has 3 aromatic rings. The Kier molecular flexibility index (Phi) is 4.50. The number of ether oxygens (including phenoxy) is 1. The zero-order chi connectivity index (χ0) is 15.4. The summed E-state index contributed by atoms with van der Waals surface area (Å²) in [4.78, 5) is 0. The normalized spacial score (nSPS) is 10.7. The molecule has 0 spiro atoms. The second-order valence-corrected chi connectivity index (χ2v) is 6.95. The lowest BCUT2D eigenvalue weighted by molar-refractivity contribution is 0.416. The van der Waals surface area contributed by atoms with Gasteiger partial charge in [-0.3, -0.25) is 0 Å². The number of rotatable bonds is 4. The first-order valence-electron chi connectivity index (χ1n) is 7.04. The second-order valence-electron chi connectivity index (χ2n) is 4.80. The Hall–Kier alpha value is -2.18. The topological polar surface area (TPSA) is 9.23 Å². The molecule has 0 bridgehead atoms. The van der Waals surface area contributed by atoms with Crippen LogP contribution in [0.2, 0.25) is 0 Å². The molecule has 0 aromatic heterocycles. The van der Waals surface area contributed by atoms with Crippen molar-refractivity contribution in [2.45, 2.75) is 0 Å². The lowest BCUT2D eigenvalue weighted by Gasteiger charge is -2.22. The molecule has 0 atom stereocenters. The van der Waals surface area contributed by atoms with Gasteiger partial charge in [-0.25, -0.2) is 4.39 Å². The highest BCUT2D eigenvalue weighted by molar-refractivity contribution is 7.80. The molecule has 0 aliphatic heterocycles. The van der Waals surface area contributed by atoms with Crippen molar-refractivity contribution in [2.75, 3.05) is 7.11 Å². The molecule has 0 saturated carbocycles. The molecule has 3 heteroatoms. The van der Waals surface area contributed by atoms with Gasteiger partial charge in [-0.05, 0) is 30.7 Å². The van der Waals surface area contributed by atoms with Crippen LogP contribution >= 0.6 is 7.92 Å². The van der Waals surface area contributed by atoms with E-state index in [0.717, 1.165) is 10.6 Å². The molecule has 0 N–H and O–H groups in total. The highest BCUT2D eigenvalue weighted by atomic mass is 31.1. The van der Waals surface area contributed by atoms with E-state index in [4.69, 9.17) is 4.74 Å². The summed E-state index contributed by atoms with van der Waals surface area (Å²) >= 11 is 0. The molecule has 0 unspecified atom stereocenters. The summed E-state index contributed by atoms with van der Waals surface area (Å²) in [5.41, 5.74) is 0. The predicted octanol–water partition coefficient (Wildman–Crippen LogP) is 3.59. The second kappa shape index (κ2) is 6.72. The van der Waals surface area contributed by atoms with Crippen molar-refractivity contribution in [3.8, 4) is 5.75 Å². The summed E-state index contributed by atoms with van der Waals surface area (Å²) in [6, 6.07) is 25.1. The van der Waals surface area contributed by atoms with Crippen molar-refractivity contribution in [2.24, 2.45) is 0 Å². The van der Waals surface area contributed by atoms with E-state index in [1.807, 2.05) is 66.7 Å². The fourth-order valence-corrected chi connectivity index (χ4v) is 4.87. The highest BCUT2D eigenvalue weighted by Gasteiger charge is 2.23. The van der Waals surface area contributed by atoms with Gasteiger partial charge in [0.25, 0.3) is 0 Å². The van der Waals surface area contributed by atoms with Crippen LogP contribution in [0.1, 0.15) is 0 Å². The van der Waals surface area contributed by atoms with E-state index in [0.29, 0.717) is 11.1 Å². The Labute approximate surface area is 131 Å². The third kappa shape index (κ3) is 2.88. The molecule has 0 fully saturated rings. The number of methoxy groups -OCH3 is 1. The Morgan fingerprint density at radius 1 is 0.727 bits per heavy atom. The Morgan fingerprint density at radius 3 is 1.77 bits per heavy atom. The van der Waals surface area contributed by atoms with Crippen molar-refractivity contribution < 1.29 is 9.13 Å². The zero-order valence-corrected chi connectivity index (χ0v) is 13.1. The molecular formula is C19H16FOP. The third-order valence-electron chi connectivity index (χ3n) is 3.42. The van der Waals surface area contributed by atoms with Crippen LogP contribution in [0.25, 0.3) is 0 Å². The van der Waals surface area contributed by atoms with Crippen LogP contribution in [-0.2, 0) is 0 Å². The van der Waals surface area contributed by atoms with Crippen LogP contribution in [0, 0.1) is 5.82 Å². The first-order valence-corrected chi connectivity index (χ1v) is 8.38. The van der Waals surface area contributed by atoms with Gasteiger partial charge in [0.15, 0.2) is 0 Å². The zero-order valence-electron chi connectivity index (χ0n) is 12.2. The van der Waals surface area contributed by atoms with Gasteiger partial charge in [-0.1, -0.05) is 66.7 Å². The van der Waals surface area contributed by atoms with E-state index in [1.54, 1.807) is 13.2 Å². The maximum atomic E-state index is 14.6. The molecule has 1 nitrogen and oxygen atoms in total. The maximum Gasteiger partial charge on any atom is 0.135 e. The van der Waals surface area contributed by atoms with E-state index in [1.165, 1.54) is 6.07 Å². The van der Waals surface area contributed by atoms with E-state index in [9.17, 15) is 4.39 Å². The highest BCUT2D eigenvalue weighted by Crippen LogP contribution is 2.37. The summed E-state index contributed by atoms with van der Waals surface area (Å²) in [5, 5.41) is 2.84. The number of benzene rings is 3. The fraction of sp³-hybridized carbons (Fsp3) is 0.0526. The lowest BCUT2D eigenvalue weighted by Crippen LogP contribution is -2.24. The van der Waals surface area contributed by atoms with E-state index >= 15 is 0 Å². The SMILES string of the molecule is COc1cccc(F)c1P(c1ccccc1)c1ccccc1. The molecular weight excluding hydrogens is 294 g/mol. The standard InChI is InChI=1S/C19H16FOP/c1-21-18-14-8-13-17(20)19(18)22(15-9-4-2-5-10-15)16-11-6-3-7-12-16/h2-14H,1H3. The van der Waals surface area contributed by atoms with Crippen molar-refractivity contribution in [3.05, 3.63) is 84.7 Å². The molecule has 3 aromatic carbocycles. The van der Waals surface area contributed by atoms with Gasteiger partial charge in [0.1, 0.15) is 11.6 Å². The molecule has 0 aliphatic rings. The summed E-state index contributed by atoms with van der Waals surface area (Å²) < 4.78 is 20.0. The fourth-order valence-electron chi connectivity index (χ4n) is 2.44. The smallest absolute Gasteiger partial charge is 0.135 e. The molecule has 0 radical (unpaired) electrons. The third-order valence-corrected chi connectivity index (χ3v) is 5.93. The molecule has 0 aliphatic carbocycles. The van der Waals surface area contributed by atoms with Crippen LogP contribution in [0.4, 0.5) is 4.39 Å². The molecule has 0 saturated heterocycles. The molecule has 0 heterocycles. The lowest BCUT2D eigenvalue weighted by atomic mass is 10.3. The Bertz CT molecular complexity index is 704. The van der Waals surface area contributed by atoms with E-state index < -0.39 is 7.92 Å². The summed E-state index contributed by atoms with van der Waals surface area (Å²) in [6.07, 6.45) is 0. The Morgan fingerprint density at radius 2 is 1.27 bits per heavy atom. The monoisotopic (exact) mass is 310 g/mol. The van der Waals surface area contributed by atoms with Gasteiger partial charge >= 0.3 is 0 Å². The summed E-state index contributed by atoms with van der Waals surface area (Å²) in [6.45, 7) is 0.